The quantitative estimate of drug-likeness (QED) is 0.869. The standard InChI is InChI=1S/C16H18N4O4S/c21-15(19-5-6-24-12(8-19)16(22)23)11-2-1-4-20(11)13-10-3-7-25-14(10)18-9-17-13/h3,7,9,11-12H,1-2,4-6,8H2,(H,22,23). The van der Waals surface area contributed by atoms with E-state index >= 15 is 0 Å². The molecule has 132 valence electrons. The molecule has 2 fully saturated rings. The van der Waals surface area contributed by atoms with Gasteiger partial charge in [0, 0.05) is 13.1 Å². The number of hydrogen-bond acceptors (Lipinski definition) is 7. The number of carbonyl (C=O) groups excluding carboxylic acids is 1. The minimum atomic E-state index is -1.03. The molecule has 2 aromatic heterocycles. The fraction of sp³-hybridized carbons (Fsp3) is 0.500. The first kappa shape index (κ1) is 16.2. The van der Waals surface area contributed by atoms with E-state index in [1.54, 1.807) is 16.2 Å². The number of aliphatic carboxylic acids is 1. The molecule has 9 heteroatoms. The number of nitrogens with zero attached hydrogens (tertiary/aromatic N) is 4. The highest BCUT2D eigenvalue weighted by Gasteiger charge is 2.38. The predicted molar refractivity (Wildman–Crippen MR) is 91.7 cm³/mol. The Labute approximate surface area is 148 Å². The molecule has 2 saturated heterocycles. The van der Waals surface area contributed by atoms with E-state index in [0.29, 0.717) is 6.54 Å². The normalized spacial score (nSPS) is 24.0. The molecule has 4 heterocycles. The summed E-state index contributed by atoms with van der Waals surface area (Å²) < 4.78 is 5.21. The molecular weight excluding hydrogens is 344 g/mol. The summed E-state index contributed by atoms with van der Waals surface area (Å²) in [5.41, 5.74) is 0. The lowest BCUT2D eigenvalue weighted by atomic mass is 10.1. The number of carboxylic acid groups (broad SMARTS) is 1. The van der Waals surface area contributed by atoms with Crippen molar-refractivity contribution in [3.05, 3.63) is 17.8 Å². The molecule has 2 atom stereocenters. The monoisotopic (exact) mass is 362 g/mol. The average Bonchev–Trinajstić information content (AvgIpc) is 3.30. The van der Waals surface area contributed by atoms with E-state index in [1.165, 1.54) is 6.33 Å². The van der Waals surface area contributed by atoms with Crippen LogP contribution < -0.4 is 4.90 Å². The molecule has 2 unspecified atom stereocenters. The molecule has 1 N–H and O–H groups in total. The van der Waals surface area contributed by atoms with Crippen LogP contribution >= 0.6 is 11.3 Å². The van der Waals surface area contributed by atoms with Crippen LogP contribution in [0.1, 0.15) is 12.8 Å². The molecule has 1 amide bonds. The Kier molecular flexibility index (Phi) is 4.26. The number of aromatic nitrogens is 2. The smallest absolute Gasteiger partial charge is 0.334 e. The summed E-state index contributed by atoms with van der Waals surface area (Å²) >= 11 is 1.55. The van der Waals surface area contributed by atoms with E-state index in [9.17, 15) is 9.59 Å². The van der Waals surface area contributed by atoms with Gasteiger partial charge in [0.1, 0.15) is 23.0 Å². The van der Waals surface area contributed by atoms with Gasteiger partial charge in [0.05, 0.1) is 18.5 Å². The largest absolute Gasteiger partial charge is 0.479 e. The molecule has 4 rings (SSSR count). The first-order valence-corrected chi connectivity index (χ1v) is 9.11. The maximum Gasteiger partial charge on any atom is 0.334 e. The molecule has 2 aliphatic rings. The fourth-order valence-corrected chi connectivity index (χ4v) is 4.22. The van der Waals surface area contributed by atoms with Crippen LogP contribution in [0.5, 0.6) is 0 Å². The lowest BCUT2D eigenvalue weighted by Crippen LogP contribution is -2.53. The van der Waals surface area contributed by atoms with Crippen LogP contribution in [0.4, 0.5) is 5.82 Å². The summed E-state index contributed by atoms with van der Waals surface area (Å²) in [7, 11) is 0. The van der Waals surface area contributed by atoms with Crippen molar-refractivity contribution >= 4 is 39.2 Å². The van der Waals surface area contributed by atoms with Crippen LogP contribution in [-0.4, -0.2) is 70.2 Å². The van der Waals surface area contributed by atoms with Crippen molar-refractivity contribution in [3.8, 4) is 0 Å². The van der Waals surface area contributed by atoms with Crippen molar-refractivity contribution in [2.75, 3.05) is 31.1 Å². The Morgan fingerprint density at radius 3 is 3.04 bits per heavy atom. The Morgan fingerprint density at radius 1 is 1.32 bits per heavy atom. The zero-order chi connectivity index (χ0) is 17.4. The van der Waals surface area contributed by atoms with Crippen molar-refractivity contribution in [1.29, 1.82) is 0 Å². The third-order valence-electron chi connectivity index (χ3n) is 4.70. The van der Waals surface area contributed by atoms with Crippen LogP contribution in [0.2, 0.25) is 0 Å². The van der Waals surface area contributed by atoms with Gasteiger partial charge in [0.2, 0.25) is 5.91 Å². The number of rotatable bonds is 3. The highest BCUT2D eigenvalue weighted by atomic mass is 32.1. The van der Waals surface area contributed by atoms with Crippen molar-refractivity contribution in [2.45, 2.75) is 25.0 Å². The number of ether oxygens (including phenoxy) is 1. The molecule has 0 radical (unpaired) electrons. The minimum absolute atomic E-state index is 0.0472. The maximum atomic E-state index is 13.0. The van der Waals surface area contributed by atoms with Crippen LogP contribution in [-0.2, 0) is 14.3 Å². The SMILES string of the molecule is O=C(O)C1CN(C(=O)C2CCCN2c2ncnc3sccc23)CCO1. The molecule has 8 nitrogen and oxygen atoms in total. The zero-order valence-electron chi connectivity index (χ0n) is 13.5. The van der Waals surface area contributed by atoms with Gasteiger partial charge in [0.15, 0.2) is 6.10 Å². The van der Waals surface area contributed by atoms with Crippen LogP contribution in [0.15, 0.2) is 17.8 Å². The van der Waals surface area contributed by atoms with E-state index < -0.39 is 12.1 Å². The predicted octanol–water partition coefficient (Wildman–Crippen LogP) is 0.972. The molecule has 0 aromatic carbocycles. The lowest BCUT2D eigenvalue weighted by molar-refractivity contribution is -0.159. The molecule has 0 saturated carbocycles. The van der Waals surface area contributed by atoms with Crippen molar-refractivity contribution in [1.82, 2.24) is 14.9 Å². The van der Waals surface area contributed by atoms with Crippen molar-refractivity contribution < 1.29 is 19.4 Å². The lowest BCUT2D eigenvalue weighted by Gasteiger charge is -2.35. The highest BCUT2D eigenvalue weighted by molar-refractivity contribution is 7.16. The van der Waals surface area contributed by atoms with Gasteiger partial charge in [-0.25, -0.2) is 14.8 Å². The van der Waals surface area contributed by atoms with E-state index in [1.807, 2.05) is 16.3 Å². The number of carboxylic acids is 1. The number of anilines is 1. The van der Waals surface area contributed by atoms with E-state index in [0.717, 1.165) is 35.4 Å². The van der Waals surface area contributed by atoms with E-state index in [-0.39, 0.29) is 25.1 Å². The van der Waals surface area contributed by atoms with Gasteiger partial charge in [-0.15, -0.1) is 11.3 Å². The summed E-state index contributed by atoms with van der Waals surface area (Å²) in [5, 5.41) is 12.1. The summed E-state index contributed by atoms with van der Waals surface area (Å²) in [5.74, 6) is -0.296. The van der Waals surface area contributed by atoms with Gasteiger partial charge in [-0.3, -0.25) is 4.79 Å². The van der Waals surface area contributed by atoms with Crippen LogP contribution in [0, 0.1) is 0 Å². The molecule has 0 spiro atoms. The second-order valence-electron chi connectivity index (χ2n) is 6.17. The molecular formula is C16H18N4O4S. The summed E-state index contributed by atoms with van der Waals surface area (Å²) in [6, 6.07) is 1.66. The number of hydrogen-bond donors (Lipinski definition) is 1. The zero-order valence-corrected chi connectivity index (χ0v) is 14.3. The number of carbonyl (C=O) groups is 2. The third-order valence-corrected chi connectivity index (χ3v) is 5.52. The van der Waals surface area contributed by atoms with Gasteiger partial charge in [0.25, 0.3) is 0 Å². The topological polar surface area (TPSA) is 95.9 Å². The Balaban J connectivity index is 1.58. The van der Waals surface area contributed by atoms with Crippen LogP contribution in [0.25, 0.3) is 10.2 Å². The second-order valence-corrected chi connectivity index (χ2v) is 7.06. The molecule has 2 aromatic rings. The Hall–Kier alpha value is -2.26. The van der Waals surface area contributed by atoms with Gasteiger partial charge < -0.3 is 19.6 Å². The Bertz CT molecular complexity index is 810. The fourth-order valence-electron chi connectivity index (χ4n) is 3.49. The number of fused-ring (bicyclic) bond motifs is 1. The van der Waals surface area contributed by atoms with E-state index in [4.69, 9.17) is 9.84 Å². The summed E-state index contributed by atoms with van der Waals surface area (Å²) in [6.07, 6.45) is 2.22. The maximum absolute atomic E-state index is 13.0. The average molecular weight is 362 g/mol. The second kappa shape index (κ2) is 6.57. The van der Waals surface area contributed by atoms with Gasteiger partial charge >= 0.3 is 5.97 Å². The van der Waals surface area contributed by atoms with Gasteiger partial charge in [-0.2, -0.15) is 0 Å². The molecule has 0 aliphatic carbocycles. The summed E-state index contributed by atoms with van der Waals surface area (Å²) in [4.78, 5) is 37.4. The van der Waals surface area contributed by atoms with Crippen molar-refractivity contribution in [3.63, 3.8) is 0 Å². The first-order chi connectivity index (χ1) is 12.1. The van der Waals surface area contributed by atoms with Gasteiger partial charge in [-0.05, 0) is 24.3 Å². The molecule has 2 aliphatic heterocycles. The molecule has 25 heavy (non-hydrogen) atoms. The number of amides is 1. The Morgan fingerprint density at radius 2 is 2.20 bits per heavy atom. The van der Waals surface area contributed by atoms with E-state index in [2.05, 4.69) is 9.97 Å². The number of thiophene rings is 1. The highest BCUT2D eigenvalue weighted by Crippen LogP contribution is 2.32. The van der Waals surface area contributed by atoms with Crippen molar-refractivity contribution in [2.24, 2.45) is 0 Å². The van der Waals surface area contributed by atoms with Crippen LogP contribution in [0.3, 0.4) is 0 Å². The summed E-state index contributed by atoms with van der Waals surface area (Å²) in [6.45, 7) is 1.52. The minimum Gasteiger partial charge on any atom is -0.479 e. The molecule has 0 bridgehead atoms. The number of morpholine rings is 1. The third kappa shape index (κ3) is 2.93. The first-order valence-electron chi connectivity index (χ1n) is 8.23. The van der Waals surface area contributed by atoms with Gasteiger partial charge in [-0.1, -0.05) is 0 Å².